The highest BCUT2D eigenvalue weighted by Gasteiger charge is 2.14. The molecule has 0 bridgehead atoms. The van der Waals surface area contributed by atoms with Gasteiger partial charge in [0.2, 0.25) is 5.89 Å². The van der Waals surface area contributed by atoms with Crippen molar-refractivity contribution in [3.8, 4) is 11.5 Å². The predicted molar refractivity (Wildman–Crippen MR) is 98.4 cm³/mol. The summed E-state index contributed by atoms with van der Waals surface area (Å²) in [7, 11) is 0. The van der Waals surface area contributed by atoms with E-state index in [0.717, 1.165) is 26.7 Å². The summed E-state index contributed by atoms with van der Waals surface area (Å²) in [6.07, 6.45) is 0. The maximum Gasteiger partial charge on any atom is 0.277 e. The van der Waals surface area contributed by atoms with Crippen molar-refractivity contribution in [3.63, 3.8) is 0 Å². The summed E-state index contributed by atoms with van der Waals surface area (Å²) in [6, 6.07) is 13.5. The summed E-state index contributed by atoms with van der Waals surface area (Å²) in [5.74, 6) is 0.778. The van der Waals surface area contributed by atoms with Crippen LogP contribution in [0.4, 0.5) is 0 Å². The molecule has 4 nitrogen and oxygen atoms in total. The Balaban J connectivity index is 1.68. The second-order valence-corrected chi connectivity index (χ2v) is 7.25. The van der Waals surface area contributed by atoms with E-state index >= 15 is 0 Å². The van der Waals surface area contributed by atoms with Crippen molar-refractivity contribution in [2.45, 2.75) is 19.1 Å². The fourth-order valence-corrected chi connectivity index (χ4v) is 3.13. The molecule has 0 unspecified atom stereocenters. The number of hydrogen-bond donors (Lipinski definition) is 0. The fraction of sp³-hybridized carbons (Fsp3) is 0.167. The zero-order valence-corrected chi connectivity index (χ0v) is 15.6. The number of thioether (sulfide) groups is 1. The topological polar surface area (TPSA) is 56.0 Å². The van der Waals surface area contributed by atoms with Crippen LogP contribution in [0.3, 0.4) is 0 Å². The lowest BCUT2D eigenvalue weighted by Gasteiger charge is -2.04. The minimum absolute atomic E-state index is 0.0598. The highest BCUT2D eigenvalue weighted by Crippen LogP contribution is 2.25. The second kappa shape index (κ2) is 7.32. The molecule has 0 aliphatic heterocycles. The van der Waals surface area contributed by atoms with E-state index in [-0.39, 0.29) is 11.5 Å². The molecule has 0 spiro atoms. The van der Waals surface area contributed by atoms with E-state index in [9.17, 15) is 4.79 Å². The van der Waals surface area contributed by atoms with E-state index in [1.165, 1.54) is 11.8 Å². The summed E-state index contributed by atoms with van der Waals surface area (Å²) < 4.78 is 6.61. The van der Waals surface area contributed by atoms with Gasteiger partial charge in [-0.15, -0.1) is 10.2 Å². The number of nitrogens with zero attached hydrogens (tertiary/aromatic N) is 2. The van der Waals surface area contributed by atoms with Gasteiger partial charge in [-0.2, -0.15) is 0 Å². The fourth-order valence-electron chi connectivity index (χ4n) is 2.22. The van der Waals surface area contributed by atoms with E-state index in [4.69, 9.17) is 4.42 Å². The highest BCUT2D eigenvalue weighted by atomic mass is 79.9. The van der Waals surface area contributed by atoms with Gasteiger partial charge in [0.25, 0.3) is 5.22 Å². The van der Waals surface area contributed by atoms with Crippen LogP contribution >= 0.6 is 27.7 Å². The van der Waals surface area contributed by atoms with E-state index in [1.54, 1.807) is 0 Å². The minimum Gasteiger partial charge on any atom is -0.411 e. The van der Waals surface area contributed by atoms with Crippen molar-refractivity contribution in [3.05, 3.63) is 63.6 Å². The molecule has 0 aliphatic carbocycles. The summed E-state index contributed by atoms with van der Waals surface area (Å²) in [6.45, 7) is 3.92. The van der Waals surface area contributed by atoms with Gasteiger partial charge in [0.1, 0.15) is 0 Å². The van der Waals surface area contributed by atoms with Gasteiger partial charge in [-0.25, -0.2) is 0 Å². The molecule has 24 heavy (non-hydrogen) atoms. The lowest BCUT2D eigenvalue weighted by atomic mass is 10.0. The Labute approximate surface area is 152 Å². The van der Waals surface area contributed by atoms with Gasteiger partial charge >= 0.3 is 0 Å². The number of halogens is 1. The van der Waals surface area contributed by atoms with Crippen LogP contribution in [0.15, 0.2) is 56.6 Å². The van der Waals surface area contributed by atoms with Crippen LogP contribution in [0.2, 0.25) is 0 Å². The Morgan fingerprint density at radius 3 is 2.62 bits per heavy atom. The second-order valence-electron chi connectivity index (χ2n) is 5.41. The Kier molecular flexibility index (Phi) is 5.16. The van der Waals surface area contributed by atoms with Gasteiger partial charge < -0.3 is 4.42 Å². The molecular weight excluding hydrogens is 388 g/mol. The Morgan fingerprint density at radius 1 is 1.12 bits per heavy atom. The molecule has 0 aliphatic rings. The molecule has 0 saturated heterocycles. The summed E-state index contributed by atoms with van der Waals surface area (Å²) >= 11 is 4.65. The van der Waals surface area contributed by atoms with Crippen LogP contribution in [-0.4, -0.2) is 21.7 Å². The Morgan fingerprint density at radius 2 is 1.88 bits per heavy atom. The number of aryl methyl sites for hydroxylation is 2. The van der Waals surface area contributed by atoms with Crippen molar-refractivity contribution in [1.29, 1.82) is 0 Å². The summed E-state index contributed by atoms with van der Waals surface area (Å²) in [4.78, 5) is 12.4. The monoisotopic (exact) mass is 402 g/mol. The van der Waals surface area contributed by atoms with E-state index in [2.05, 4.69) is 26.1 Å². The SMILES string of the molecule is Cc1ccc(C)c(C(=O)CSc2nnc(-c3ccc(Br)cc3)o2)c1. The van der Waals surface area contributed by atoms with Crippen LogP contribution in [0.25, 0.3) is 11.5 Å². The lowest BCUT2D eigenvalue weighted by molar-refractivity contribution is 0.102. The third kappa shape index (κ3) is 3.94. The molecule has 122 valence electrons. The predicted octanol–water partition coefficient (Wildman–Crippen LogP) is 5.09. The summed E-state index contributed by atoms with van der Waals surface area (Å²) in [5.41, 5.74) is 3.64. The molecule has 0 amide bonds. The third-order valence-corrected chi connectivity index (χ3v) is 4.86. The van der Waals surface area contributed by atoms with Crippen molar-refractivity contribution in [1.82, 2.24) is 10.2 Å². The first-order chi connectivity index (χ1) is 11.5. The number of carbonyl (C=O) groups excluding carboxylic acids is 1. The molecule has 0 N–H and O–H groups in total. The molecule has 2 aromatic carbocycles. The normalized spacial score (nSPS) is 10.8. The maximum atomic E-state index is 12.4. The van der Waals surface area contributed by atoms with Crippen LogP contribution in [0, 0.1) is 13.8 Å². The zero-order valence-electron chi connectivity index (χ0n) is 13.2. The highest BCUT2D eigenvalue weighted by molar-refractivity contribution is 9.10. The van der Waals surface area contributed by atoms with Crippen molar-refractivity contribution >= 4 is 33.5 Å². The van der Waals surface area contributed by atoms with Gasteiger partial charge in [0, 0.05) is 15.6 Å². The Bertz CT molecular complexity index is 875. The molecule has 6 heteroatoms. The van der Waals surface area contributed by atoms with Crippen LogP contribution in [0.5, 0.6) is 0 Å². The number of hydrogen-bond acceptors (Lipinski definition) is 5. The molecule has 0 radical (unpaired) electrons. The van der Waals surface area contributed by atoms with Crippen molar-refractivity contribution in [2.75, 3.05) is 5.75 Å². The Hall–Kier alpha value is -1.92. The molecule has 1 heterocycles. The number of Topliss-reactive ketones (excluding diaryl/α,β-unsaturated/α-hetero) is 1. The van der Waals surface area contributed by atoms with Gasteiger partial charge in [-0.3, -0.25) is 4.79 Å². The molecule has 0 saturated carbocycles. The first-order valence-corrected chi connectivity index (χ1v) is 9.13. The molecule has 0 atom stereocenters. The van der Waals surface area contributed by atoms with Crippen LogP contribution < -0.4 is 0 Å². The van der Waals surface area contributed by atoms with Crippen LogP contribution in [0.1, 0.15) is 21.5 Å². The van der Waals surface area contributed by atoms with Gasteiger partial charge in [0.15, 0.2) is 5.78 Å². The molecular formula is C18H15BrN2O2S. The number of ketones is 1. The van der Waals surface area contributed by atoms with E-state index in [1.807, 2.05) is 56.3 Å². The van der Waals surface area contributed by atoms with Gasteiger partial charge in [-0.05, 0) is 49.7 Å². The van der Waals surface area contributed by atoms with Crippen LogP contribution in [-0.2, 0) is 0 Å². The number of benzene rings is 2. The van der Waals surface area contributed by atoms with Gasteiger partial charge in [-0.1, -0.05) is 45.4 Å². The number of aromatic nitrogens is 2. The standard InChI is InChI=1S/C18H15BrN2O2S/c1-11-3-4-12(2)15(9-11)16(22)10-24-18-21-20-17(23-18)13-5-7-14(19)8-6-13/h3-9H,10H2,1-2H3. The minimum atomic E-state index is 0.0598. The molecule has 3 aromatic rings. The lowest BCUT2D eigenvalue weighted by Crippen LogP contribution is -2.05. The van der Waals surface area contributed by atoms with E-state index < -0.39 is 0 Å². The van der Waals surface area contributed by atoms with Gasteiger partial charge in [0.05, 0.1) is 5.75 Å². The largest absolute Gasteiger partial charge is 0.411 e. The molecule has 0 fully saturated rings. The molecule has 1 aromatic heterocycles. The average Bonchev–Trinajstić information content (AvgIpc) is 3.04. The summed E-state index contributed by atoms with van der Waals surface area (Å²) in [5, 5.41) is 8.43. The number of rotatable bonds is 5. The number of carbonyl (C=O) groups is 1. The van der Waals surface area contributed by atoms with Crippen molar-refractivity contribution < 1.29 is 9.21 Å². The zero-order chi connectivity index (χ0) is 17.1. The first-order valence-electron chi connectivity index (χ1n) is 7.35. The van der Waals surface area contributed by atoms with Crippen molar-refractivity contribution in [2.24, 2.45) is 0 Å². The maximum absolute atomic E-state index is 12.4. The quantitative estimate of drug-likeness (QED) is 0.439. The first kappa shape index (κ1) is 16.9. The van der Waals surface area contributed by atoms with E-state index in [0.29, 0.717) is 11.1 Å². The average molecular weight is 403 g/mol. The third-order valence-electron chi connectivity index (χ3n) is 3.52. The smallest absolute Gasteiger partial charge is 0.277 e. The molecule has 3 rings (SSSR count).